The molecule has 15 heavy (non-hydrogen) atoms. The fourth-order valence-electron chi connectivity index (χ4n) is 0.721. The minimum Gasteiger partial charge on any atom is -0.354 e. The molecule has 0 unspecified atom stereocenters. The number of nitrogens with one attached hydrogen (secondary N) is 1. The van der Waals surface area contributed by atoms with Gasteiger partial charge in [0.15, 0.2) is 0 Å². The summed E-state index contributed by atoms with van der Waals surface area (Å²) in [6.45, 7) is -0.563. The summed E-state index contributed by atoms with van der Waals surface area (Å²) in [5.41, 5.74) is 0. The fourth-order valence-corrected chi connectivity index (χ4v) is 0.721. The van der Waals surface area contributed by atoms with Crippen molar-refractivity contribution in [1.29, 1.82) is 0 Å². The quantitative estimate of drug-likeness (QED) is 0.797. The van der Waals surface area contributed by atoms with E-state index < -0.39 is 37.2 Å². The van der Waals surface area contributed by atoms with E-state index in [2.05, 4.69) is 15.0 Å². The van der Waals surface area contributed by atoms with E-state index in [1.807, 2.05) is 5.32 Å². The lowest BCUT2D eigenvalue weighted by Gasteiger charge is -2.06. The number of hydrogen-bond donors (Lipinski definition) is 1. The van der Waals surface area contributed by atoms with Crippen LogP contribution in [-0.4, -0.2) is 27.7 Å². The summed E-state index contributed by atoms with van der Waals surface area (Å²) >= 11 is 0. The van der Waals surface area contributed by atoms with Crippen LogP contribution in [0.15, 0.2) is 0 Å². The van der Waals surface area contributed by atoms with Gasteiger partial charge in [-0.1, -0.05) is 0 Å². The van der Waals surface area contributed by atoms with Crippen LogP contribution in [-0.2, 0) is 0 Å². The van der Waals surface area contributed by atoms with Crippen LogP contribution < -0.4 is 5.32 Å². The fraction of sp³-hybridized carbons (Fsp3) is 0.500. The Morgan fingerprint density at radius 1 is 1.00 bits per heavy atom. The van der Waals surface area contributed by atoms with Crippen LogP contribution in [0.4, 0.5) is 27.9 Å². The highest BCUT2D eigenvalue weighted by Crippen LogP contribution is 2.18. The van der Waals surface area contributed by atoms with Crippen LogP contribution in [0.5, 0.6) is 0 Å². The smallest absolute Gasteiger partial charge is 0.354 e. The van der Waals surface area contributed by atoms with Crippen LogP contribution in [0.1, 0.15) is 6.42 Å². The van der Waals surface area contributed by atoms with Gasteiger partial charge in [-0.3, -0.25) is 0 Å². The summed E-state index contributed by atoms with van der Waals surface area (Å²) < 4.78 is 59.7. The lowest BCUT2D eigenvalue weighted by Crippen LogP contribution is -2.16. The molecular weight excluding hydrogens is 223 g/mol. The van der Waals surface area contributed by atoms with E-state index in [-0.39, 0.29) is 0 Å². The third-order valence-corrected chi connectivity index (χ3v) is 1.27. The van der Waals surface area contributed by atoms with Gasteiger partial charge in [-0.05, 0) is 0 Å². The highest BCUT2D eigenvalue weighted by molar-refractivity contribution is 5.20. The van der Waals surface area contributed by atoms with Crippen LogP contribution in [0, 0.1) is 12.2 Å². The van der Waals surface area contributed by atoms with E-state index in [9.17, 15) is 22.0 Å². The van der Waals surface area contributed by atoms with Crippen LogP contribution >= 0.6 is 0 Å². The van der Waals surface area contributed by atoms with Crippen LogP contribution in [0.3, 0.4) is 0 Å². The normalized spacial score (nSPS) is 11.5. The number of rotatable bonds is 3. The summed E-state index contributed by atoms with van der Waals surface area (Å²) in [6.07, 6.45) is -8.28. The summed E-state index contributed by atoms with van der Waals surface area (Å²) in [6, 6.07) is 0. The zero-order valence-electron chi connectivity index (χ0n) is 7.15. The molecule has 0 saturated carbocycles. The Kier molecular flexibility index (Phi) is 3.32. The number of halogens is 5. The molecule has 1 rings (SSSR count). The molecule has 9 heteroatoms. The molecule has 0 atom stereocenters. The average molecular weight is 228 g/mol. The molecule has 0 bridgehead atoms. The third-order valence-electron chi connectivity index (χ3n) is 1.27. The molecule has 4 nitrogen and oxygen atoms in total. The number of nitrogens with zero attached hydrogens (tertiary/aromatic N) is 3. The van der Waals surface area contributed by atoms with Gasteiger partial charge in [0.2, 0.25) is 5.95 Å². The van der Waals surface area contributed by atoms with Crippen molar-refractivity contribution in [3.05, 3.63) is 12.2 Å². The van der Waals surface area contributed by atoms with Crippen molar-refractivity contribution in [1.82, 2.24) is 15.0 Å². The second kappa shape index (κ2) is 4.32. The number of hydrogen-bond acceptors (Lipinski definition) is 4. The monoisotopic (exact) mass is 228 g/mol. The molecule has 0 fully saturated rings. The van der Waals surface area contributed by atoms with Gasteiger partial charge in [0.1, 0.15) is 0 Å². The van der Waals surface area contributed by atoms with Crippen molar-refractivity contribution in [2.24, 2.45) is 0 Å². The van der Waals surface area contributed by atoms with E-state index in [0.29, 0.717) is 0 Å². The molecule has 1 heterocycles. The molecule has 84 valence electrons. The third kappa shape index (κ3) is 4.47. The van der Waals surface area contributed by atoms with Gasteiger partial charge in [0.25, 0.3) is 0 Å². The standard InChI is InChI=1S/C6H5F5N4/c7-3-13-4(8)15-5(14-3)12-2-1-6(9,10)11/h1-2H2,(H,12,13,14,15). The van der Waals surface area contributed by atoms with Crippen molar-refractivity contribution in [3.8, 4) is 0 Å². The van der Waals surface area contributed by atoms with Gasteiger partial charge in [-0.15, -0.1) is 0 Å². The topological polar surface area (TPSA) is 50.7 Å². The predicted molar refractivity (Wildman–Crippen MR) is 38.9 cm³/mol. The first-order valence-corrected chi connectivity index (χ1v) is 3.74. The van der Waals surface area contributed by atoms with E-state index in [1.165, 1.54) is 0 Å². The van der Waals surface area contributed by atoms with E-state index >= 15 is 0 Å². The van der Waals surface area contributed by atoms with Crippen LogP contribution in [0.25, 0.3) is 0 Å². The molecule has 0 aliphatic heterocycles. The predicted octanol–water partition coefficient (Wildman–Crippen LogP) is 1.51. The Morgan fingerprint density at radius 2 is 1.53 bits per heavy atom. The van der Waals surface area contributed by atoms with Gasteiger partial charge in [0.05, 0.1) is 6.42 Å². The molecule has 0 spiro atoms. The number of anilines is 1. The van der Waals surface area contributed by atoms with Crippen molar-refractivity contribution in [2.75, 3.05) is 11.9 Å². The van der Waals surface area contributed by atoms with Gasteiger partial charge in [-0.2, -0.15) is 36.9 Å². The highest BCUT2D eigenvalue weighted by atomic mass is 19.4. The lowest BCUT2D eigenvalue weighted by atomic mass is 10.4. The Bertz CT molecular complexity index is 319. The second-order valence-electron chi connectivity index (χ2n) is 2.49. The first-order valence-electron chi connectivity index (χ1n) is 3.74. The molecule has 0 aliphatic carbocycles. The zero-order chi connectivity index (χ0) is 11.5. The number of aromatic nitrogens is 3. The second-order valence-corrected chi connectivity index (χ2v) is 2.49. The first kappa shape index (κ1) is 11.5. The molecule has 0 aromatic carbocycles. The summed E-state index contributed by atoms with van der Waals surface area (Å²) in [7, 11) is 0. The first-order chi connectivity index (χ1) is 6.87. The molecule has 0 saturated heterocycles. The molecule has 0 radical (unpaired) electrons. The maximum atomic E-state index is 12.3. The molecule has 1 aromatic rings. The largest absolute Gasteiger partial charge is 0.390 e. The maximum Gasteiger partial charge on any atom is 0.390 e. The van der Waals surface area contributed by atoms with Gasteiger partial charge in [0, 0.05) is 6.54 Å². The van der Waals surface area contributed by atoms with Gasteiger partial charge < -0.3 is 5.32 Å². The van der Waals surface area contributed by atoms with E-state index in [4.69, 9.17) is 0 Å². The molecule has 0 amide bonds. The average Bonchev–Trinajstić information content (AvgIpc) is 1.99. The molecular formula is C6H5F5N4. The highest BCUT2D eigenvalue weighted by Gasteiger charge is 2.26. The van der Waals surface area contributed by atoms with E-state index in [0.717, 1.165) is 0 Å². The SMILES string of the molecule is Fc1nc(F)nc(NCCC(F)(F)F)n1. The van der Waals surface area contributed by atoms with Crippen molar-refractivity contribution < 1.29 is 22.0 Å². The maximum absolute atomic E-state index is 12.3. The molecule has 1 N–H and O–H groups in total. The minimum atomic E-state index is -4.35. The number of alkyl halides is 3. The van der Waals surface area contributed by atoms with Crippen LogP contribution in [0.2, 0.25) is 0 Å². The lowest BCUT2D eigenvalue weighted by molar-refractivity contribution is -0.131. The van der Waals surface area contributed by atoms with E-state index in [1.54, 1.807) is 0 Å². The Morgan fingerprint density at radius 3 is 2.00 bits per heavy atom. The minimum absolute atomic E-state index is 0.563. The van der Waals surface area contributed by atoms with Crippen molar-refractivity contribution >= 4 is 5.95 Å². The van der Waals surface area contributed by atoms with Crippen molar-refractivity contribution in [3.63, 3.8) is 0 Å². The summed E-state index contributed by atoms with van der Waals surface area (Å²) in [4.78, 5) is 8.47. The van der Waals surface area contributed by atoms with Gasteiger partial charge in [-0.25, -0.2) is 0 Å². The summed E-state index contributed by atoms with van der Waals surface area (Å²) in [5, 5.41) is 2.02. The molecule has 1 aromatic heterocycles. The Hall–Kier alpha value is -1.54. The van der Waals surface area contributed by atoms with Gasteiger partial charge >= 0.3 is 18.3 Å². The summed E-state index contributed by atoms with van der Waals surface area (Å²) in [5.74, 6) is -0.566. The zero-order valence-corrected chi connectivity index (χ0v) is 7.15. The van der Waals surface area contributed by atoms with Crippen molar-refractivity contribution in [2.45, 2.75) is 12.6 Å². The Balaban J connectivity index is 2.51. The Labute approximate surface area is 80.6 Å². The molecule has 0 aliphatic rings.